The SMILES string of the molecule is O=C1NC(=O)[C@@H]2C[C@@H]3O[C@@H]3C[C@H]12. The molecule has 2 aliphatic heterocycles. The lowest BCUT2D eigenvalue weighted by Crippen LogP contribution is -2.26. The smallest absolute Gasteiger partial charge is 0.230 e. The molecule has 2 saturated heterocycles. The van der Waals surface area contributed by atoms with Crippen LogP contribution in [-0.4, -0.2) is 24.0 Å². The summed E-state index contributed by atoms with van der Waals surface area (Å²) in [5, 5.41) is 2.37. The van der Waals surface area contributed by atoms with E-state index in [1.54, 1.807) is 0 Å². The summed E-state index contributed by atoms with van der Waals surface area (Å²) in [6.45, 7) is 0. The van der Waals surface area contributed by atoms with Crippen molar-refractivity contribution in [2.45, 2.75) is 25.0 Å². The van der Waals surface area contributed by atoms with Gasteiger partial charge in [-0.15, -0.1) is 0 Å². The second-order valence-electron chi connectivity index (χ2n) is 3.75. The molecule has 0 aromatic heterocycles. The van der Waals surface area contributed by atoms with Gasteiger partial charge in [-0.2, -0.15) is 0 Å². The normalized spacial score (nSPS) is 49.7. The van der Waals surface area contributed by atoms with Crippen LogP contribution in [-0.2, 0) is 14.3 Å². The fourth-order valence-electron chi connectivity index (χ4n) is 2.31. The van der Waals surface area contributed by atoms with Gasteiger partial charge >= 0.3 is 0 Å². The zero-order chi connectivity index (χ0) is 8.29. The van der Waals surface area contributed by atoms with Crippen molar-refractivity contribution in [1.82, 2.24) is 5.32 Å². The van der Waals surface area contributed by atoms with Gasteiger partial charge in [-0.1, -0.05) is 0 Å². The summed E-state index contributed by atoms with van der Waals surface area (Å²) in [6, 6.07) is 0. The van der Waals surface area contributed by atoms with Gasteiger partial charge in [-0.25, -0.2) is 0 Å². The standard InChI is InChI=1S/C8H9NO3/c10-7-3-1-5-6(12-5)2-4(3)8(11)9-7/h3-6H,1-2H2,(H,9,10,11)/t3-,4+,5+,6-. The Morgan fingerprint density at radius 3 is 2.08 bits per heavy atom. The van der Waals surface area contributed by atoms with Gasteiger partial charge in [0, 0.05) is 0 Å². The molecular formula is C8H9NO3. The number of hydrogen-bond acceptors (Lipinski definition) is 3. The first-order chi connectivity index (χ1) is 5.75. The second kappa shape index (κ2) is 1.88. The van der Waals surface area contributed by atoms with Crippen molar-refractivity contribution in [3.8, 4) is 0 Å². The van der Waals surface area contributed by atoms with Gasteiger partial charge in [0.2, 0.25) is 11.8 Å². The van der Waals surface area contributed by atoms with Gasteiger partial charge in [0.25, 0.3) is 0 Å². The summed E-state index contributed by atoms with van der Waals surface area (Å²) in [5.41, 5.74) is 0. The molecule has 1 N–H and O–H groups in total. The van der Waals surface area contributed by atoms with Gasteiger partial charge in [-0.3, -0.25) is 14.9 Å². The summed E-state index contributed by atoms with van der Waals surface area (Å²) in [6.07, 6.45) is 2.02. The summed E-state index contributed by atoms with van der Waals surface area (Å²) in [5.74, 6) is -0.389. The highest BCUT2D eigenvalue weighted by atomic mass is 16.6. The summed E-state index contributed by atoms with van der Waals surface area (Å²) in [4.78, 5) is 22.4. The largest absolute Gasteiger partial charge is 0.370 e. The van der Waals surface area contributed by atoms with Crippen LogP contribution in [0.2, 0.25) is 0 Å². The topological polar surface area (TPSA) is 58.7 Å². The third-order valence-corrected chi connectivity index (χ3v) is 3.07. The summed E-state index contributed by atoms with van der Waals surface area (Å²) in [7, 11) is 0. The first-order valence-corrected chi connectivity index (χ1v) is 4.26. The Labute approximate surface area is 69.3 Å². The number of amides is 2. The van der Waals surface area contributed by atoms with Crippen LogP contribution in [0.5, 0.6) is 0 Å². The molecule has 0 aromatic carbocycles. The number of epoxide rings is 1. The van der Waals surface area contributed by atoms with E-state index in [0.717, 1.165) is 12.8 Å². The molecule has 3 fully saturated rings. The minimum atomic E-state index is -0.0982. The van der Waals surface area contributed by atoms with Gasteiger partial charge in [0.05, 0.1) is 24.0 Å². The minimum Gasteiger partial charge on any atom is -0.370 e. The van der Waals surface area contributed by atoms with Crippen molar-refractivity contribution in [1.29, 1.82) is 0 Å². The van der Waals surface area contributed by atoms with E-state index in [1.807, 2.05) is 0 Å². The summed E-state index contributed by atoms with van der Waals surface area (Å²) >= 11 is 0. The van der Waals surface area contributed by atoms with Crippen LogP contribution >= 0.6 is 0 Å². The van der Waals surface area contributed by atoms with Crippen LogP contribution in [0.15, 0.2) is 0 Å². The van der Waals surface area contributed by atoms with E-state index in [-0.39, 0.29) is 35.9 Å². The number of imide groups is 1. The molecule has 12 heavy (non-hydrogen) atoms. The highest BCUT2D eigenvalue weighted by Crippen LogP contribution is 2.44. The molecule has 2 heterocycles. The highest BCUT2D eigenvalue weighted by molar-refractivity contribution is 6.05. The number of rotatable bonds is 0. The molecule has 1 aliphatic carbocycles. The Morgan fingerprint density at radius 1 is 1.08 bits per heavy atom. The van der Waals surface area contributed by atoms with Crippen molar-refractivity contribution in [2.24, 2.45) is 11.8 Å². The Hall–Kier alpha value is -0.900. The lowest BCUT2D eigenvalue weighted by Gasteiger charge is -2.16. The number of ether oxygens (including phenoxy) is 1. The molecule has 0 spiro atoms. The van der Waals surface area contributed by atoms with E-state index in [0.29, 0.717) is 0 Å². The number of carbonyl (C=O) groups excluding carboxylic acids is 2. The van der Waals surface area contributed by atoms with Gasteiger partial charge in [0.1, 0.15) is 0 Å². The van der Waals surface area contributed by atoms with Crippen LogP contribution in [0.1, 0.15) is 12.8 Å². The molecule has 4 nitrogen and oxygen atoms in total. The van der Waals surface area contributed by atoms with E-state index >= 15 is 0 Å². The Kier molecular flexibility index (Phi) is 1.03. The lowest BCUT2D eigenvalue weighted by molar-refractivity contribution is -0.126. The summed E-state index contributed by atoms with van der Waals surface area (Å²) < 4.78 is 5.28. The zero-order valence-electron chi connectivity index (χ0n) is 6.45. The molecule has 0 radical (unpaired) electrons. The molecule has 3 aliphatic rings. The fraction of sp³-hybridized carbons (Fsp3) is 0.750. The molecule has 3 rings (SSSR count). The number of carbonyl (C=O) groups is 2. The Bertz CT molecular complexity index is 249. The first-order valence-electron chi connectivity index (χ1n) is 4.26. The van der Waals surface area contributed by atoms with E-state index < -0.39 is 0 Å². The molecule has 0 bridgehead atoms. The van der Waals surface area contributed by atoms with Crippen molar-refractivity contribution in [3.63, 3.8) is 0 Å². The predicted molar refractivity (Wildman–Crippen MR) is 38.0 cm³/mol. The van der Waals surface area contributed by atoms with E-state index in [2.05, 4.69) is 5.32 Å². The van der Waals surface area contributed by atoms with Crippen molar-refractivity contribution in [2.75, 3.05) is 0 Å². The average molecular weight is 167 g/mol. The Morgan fingerprint density at radius 2 is 1.58 bits per heavy atom. The van der Waals surface area contributed by atoms with Crippen LogP contribution in [0, 0.1) is 11.8 Å². The molecule has 0 aromatic rings. The van der Waals surface area contributed by atoms with Crippen molar-refractivity contribution >= 4 is 11.8 Å². The molecular weight excluding hydrogens is 158 g/mol. The molecule has 0 unspecified atom stereocenters. The van der Waals surface area contributed by atoms with Gasteiger partial charge in [0.15, 0.2) is 0 Å². The minimum absolute atomic E-state index is 0.0961. The third kappa shape index (κ3) is 0.705. The highest BCUT2D eigenvalue weighted by Gasteiger charge is 2.55. The molecule has 4 atom stereocenters. The fourth-order valence-corrected chi connectivity index (χ4v) is 2.31. The van der Waals surface area contributed by atoms with Crippen LogP contribution in [0.4, 0.5) is 0 Å². The predicted octanol–water partition coefficient (Wildman–Crippen LogP) is -0.564. The van der Waals surface area contributed by atoms with E-state index in [9.17, 15) is 9.59 Å². The average Bonchev–Trinajstić information content (AvgIpc) is 2.73. The van der Waals surface area contributed by atoms with Crippen LogP contribution in [0.3, 0.4) is 0 Å². The number of hydrogen-bond donors (Lipinski definition) is 1. The van der Waals surface area contributed by atoms with Crippen LogP contribution in [0.25, 0.3) is 0 Å². The second-order valence-corrected chi connectivity index (χ2v) is 3.75. The maximum Gasteiger partial charge on any atom is 0.230 e. The quantitative estimate of drug-likeness (QED) is 0.388. The number of fused-ring (bicyclic) bond motifs is 2. The van der Waals surface area contributed by atoms with E-state index in [1.165, 1.54) is 0 Å². The maximum atomic E-state index is 11.2. The van der Waals surface area contributed by atoms with E-state index in [4.69, 9.17) is 4.74 Å². The van der Waals surface area contributed by atoms with Crippen LogP contribution < -0.4 is 5.32 Å². The maximum absolute atomic E-state index is 11.2. The molecule has 4 heteroatoms. The third-order valence-electron chi connectivity index (χ3n) is 3.07. The lowest BCUT2D eigenvalue weighted by atomic mass is 9.81. The molecule has 64 valence electrons. The molecule has 1 saturated carbocycles. The molecule has 2 amide bonds. The van der Waals surface area contributed by atoms with Gasteiger partial charge < -0.3 is 4.74 Å². The Balaban J connectivity index is 1.90. The number of nitrogens with one attached hydrogen (secondary N) is 1. The zero-order valence-corrected chi connectivity index (χ0v) is 6.45. The van der Waals surface area contributed by atoms with Crippen molar-refractivity contribution in [3.05, 3.63) is 0 Å². The van der Waals surface area contributed by atoms with Crippen molar-refractivity contribution < 1.29 is 14.3 Å². The van der Waals surface area contributed by atoms with Gasteiger partial charge in [-0.05, 0) is 12.8 Å². The first kappa shape index (κ1) is 6.60. The monoisotopic (exact) mass is 167 g/mol.